The molecule has 0 fully saturated rings. The van der Waals surface area contributed by atoms with Crippen molar-refractivity contribution in [2.75, 3.05) is 12.3 Å². The Morgan fingerprint density at radius 3 is 2.53 bits per heavy atom. The fraction of sp³-hybridized carbons (Fsp3) is 0.538. The third-order valence-electron chi connectivity index (χ3n) is 2.95. The normalized spacial score (nSPS) is 13.3. The van der Waals surface area contributed by atoms with Gasteiger partial charge >= 0.3 is 0 Å². The van der Waals surface area contributed by atoms with E-state index in [0.717, 1.165) is 12.8 Å². The lowest BCUT2D eigenvalue weighted by molar-refractivity contribution is 0.249. The molecule has 1 aromatic rings. The predicted octanol–water partition coefficient (Wildman–Crippen LogP) is 2.04. The second kappa shape index (κ2) is 6.25. The predicted molar refractivity (Wildman–Crippen MR) is 76.5 cm³/mol. The number of anilines is 1. The summed E-state index contributed by atoms with van der Waals surface area (Å²) in [5, 5.41) is 5.16. The van der Waals surface area contributed by atoms with Gasteiger partial charge in [-0.25, -0.2) is 13.6 Å². The highest BCUT2D eigenvalue weighted by atomic mass is 32.2. The number of rotatable bonds is 6. The summed E-state index contributed by atoms with van der Waals surface area (Å²) in [5.41, 5.74) is 6.52. The summed E-state index contributed by atoms with van der Waals surface area (Å²) in [6.45, 7) is 6.40. The molecule has 108 valence electrons. The second-order valence-electron chi connectivity index (χ2n) is 4.89. The Morgan fingerprint density at radius 1 is 1.37 bits per heavy atom. The number of hydrogen-bond donors (Lipinski definition) is 2. The Labute approximate surface area is 115 Å². The van der Waals surface area contributed by atoms with Crippen LogP contribution in [0.1, 0.15) is 32.3 Å². The Balaban J connectivity index is 2.99. The van der Waals surface area contributed by atoms with Gasteiger partial charge in [0.05, 0.1) is 11.5 Å². The van der Waals surface area contributed by atoms with Crippen molar-refractivity contribution in [1.29, 1.82) is 0 Å². The molecular weight excluding hydrogens is 264 g/mol. The molecule has 0 spiro atoms. The molecule has 19 heavy (non-hydrogen) atoms. The number of hydrogen-bond acceptors (Lipinski definition) is 4. The minimum atomic E-state index is -3.79. The second-order valence-corrected chi connectivity index (χ2v) is 6.42. The molecule has 0 aromatic heterocycles. The van der Waals surface area contributed by atoms with Crippen molar-refractivity contribution in [3.05, 3.63) is 17.7 Å². The summed E-state index contributed by atoms with van der Waals surface area (Å²) < 4.78 is 28.6. The van der Waals surface area contributed by atoms with Gasteiger partial charge in [-0.2, -0.15) is 0 Å². The zero-order valence-electron chi connectivity index (χ0n) is 11.6. The molecule has 0 aliphatic rings. The van der Waals surface area contributed by atoms with Crippen LogP contribution in [0.25, 0.3) is 0 Å². The van der Waals surface area contributed by atoms with E-state index in [9.17, 15) is 8.42 Å². The lowest BCUT2D eigenvalue weighted by Crippen LogP contribution is -2.16. The number of ether oxygens (including phenoxy) is 1. The van der Waals surface area contributed by atoms with Crippen LogP contribution in [0.3, 0.4) is 0 Å². The Hall–Kier alpha value is -1.27. The molecule has 0 bridgehead atoms. The maximum absolute atomic E-state index is 11.5. The van der Waals surface area contributed by atoms with Crippen molar-refractivity contribution in [3.8, 4) is 5.75 Å². The Kier molecular flexibility index (Phi) is 5.20. The van der Waals surface area contributed by atoms with E-state index in [1.165, 1.54) is 6.07 Å². The minimum Gasteiger partial charge on any atom is -0.493 e. The van der Waals surface area contributed by atoms with Crippen molar-refractivity contribution in [1.82, 2.24) is 0 Å². The number of benzene rings is 1. The van der Waals surface area contributed by atoms with Crippen LogP contribution in [-0.2, 0) is 10.0 Å². The molecule has 1 unspecified atom stereocenters. The maximum atomic E-state index is 11.5. The van der Waals surface area contributed by atoms with Crippen LogP contribution in [0, 0.1) is 12.8 Å². The summed E-state index contributed by atoms with van der Waals surface area (Å²) >= 11 is 0. The van der Waals surface area contributed by atoms with Gasteiger partial charge in [0.25, 0.3) is 0 Å². The topological polar surface area (TPSA) is 95.4 Å². The van der Waals surface area contributed by atoms with E-state index in [0.29, 0.717) is 29.5 Å². The SMILES string of the molecule is CCCC(C)COc1cc(N)cc(S(N)(=O)=O)c1C. The molecule has 0 saturated carbocycles. The van der Waals surface area contributed by atoms with Crippen LogP contribution in [0.4, 0.5) is 5.69 Å². The summed E-state index contributed by atoms with van der Waals surface area (Å²) in [5.74, 6) is 0.885. The average Bonchev–Trinajstić information content (AvgIpc) is 2.28. The number of primary sulfonamides is 1. The third-order valence-corrected chi connectivity index (χ3v) is 3.98. The van der Waals surface area contributed by atoms with Crippen molar-refractivity contribution in [2.24, 2.45) is 11.1 Å². The van der Waals surface area contributed by atoms with E-state index >= 15 is 0 Å². The fourth-order valence-electron chi connectivity index (χ4n) is 1.94. The zero-order valence-corrected chi connectivity index (χ0v) is 12.5. The van der Waals surface area contributed by atoms with Gasteiger partial charge in [0.15, 0.2) is 0 Å². The van der Waals surface area contributed by atoms with Gasteiger partial charge < -0.3 is 10.5 Å². The van der Waals surface area contributed by atoms with Crippen molar-refractivity contribution in [3.63, 3.8) is 0 Å². The summed E-state index contributed by atoms with van der Waals surface area (Å²) in [6.07, 6.45) is 2.15. The standard InChI is InChI=1S/C13H22N2O3S/c1-4-5-9(2)8-18-12-6-11(14)7-13(10(12)3)19(15,16)17/h6-7,9H,4-5,8,14H2,1-3H3,(H2,15,16,17). The Bertz CT molecular complexity index is 541. The molecule has 1 rings (SSSR count). The highest BCUT2D eigenvalue weighted by molar-refractivity contribution is 7.89. The van der Waals surface area contributed by atoms with Crippen LogP contribution in [-0.4, -0.2) is 15.0 Å². The third kappa shape index (κ3) is 4.40. The monoisotopic (exact) mass is 286 g/mol. The first kappa shape index (κ1) is 15.8. The molecule has 4 N–H and O–H groups in total. The average molecular weight is 286 g/mol. The first-order valence-electron chi connectivity index (χ1n) is 6.31. The van der Waals surface area contributed by atoms with Gasteiger partial charge in [0.1, 0.15) is 5.75 Å². The largest absolute Gasteiger partial charge is 0.493 e. The highest BCUT2D eigenvalue weighted by Gasteiger charge is 2.16. The molecule has 6 heteroatoms. The van der Waals surface area contributed by atoms with Gasteiger partial charge in [-0.3, -0.25) is 0 Å². The van der Waals surface area contributed by atoms with E-state index in [2.05, 4.69) is 13.8 Å². The lowest BCUT2D eigenvalue weighted by atomic mass is 10.1. The van der Waals surface area contributed by atoms with E-state index in [-0.39, 0.29) is 4.90 Å². The molecular formula is C13H22N2O3S. The molecule has 0 amide bonds. The van der Waals surface area contributed by atoms with E-state index in [1.807, 2.05) is 0 Å². The number of nitrogens with two attached hydrogens (primary N) is 2. The quantitative estimate of drug-likeness (QED) is 0.782. The minimum absolute atomic E-state index is 0.0191. The molecule has 0 heterocycles. The molecule has 0 radical (unpaired) electrons. The van der Waals surface area contributed by atoms with Crippen LogP contribution in [0.2, 0.25) is 0 Å². The zero-order chi connectivity index (χ0) is 14.6. The smallest absolute Gasteiger partial charge is 0.238 e. The van der Waals surface area contributed by atoms with Crippen LogP contribution >= 0.6 is 0 Å². The van der Waals surface area contributed by atoms with Gasteiger partial charge in [0, 0.05) is 17.3 Å². The maximum Gasteiger partial charge on any atom is 0.238 e. The summed E-state index contributed by atoms with van der Waals surface area (Å²) in [4.78, 5) is 0.0191. The molecule has 1 atom stereocenters. The first-order chi connectivity index (χ1) is 8.75. The molecule has 1 aromatic carbocycles. The van der Waals surface area contributed by atoms with Gasteiger partial charge in [0.2, 0.25) is 10.0 Å². The van der Waals surface area contributed by atoms with Gasteiger partial charge in [-0.15, -0.1) is 0 Å². The van der Waals surface area contributed by atoms with Gasteiger partial charge in [-0.05, 0) is 25.3 Å². The Morgan fingerprint density at radius 2 is 2.00 bits per heavy atom. The number of sulfonamides is 1. The fourth-order valence-corrected chi connectivity index (χ4v) is 2.76. The van der Waals surface area contributed by atoms with E-state index < -0.39 is 10.0 Å². The van der Waals surface area contributed by atoms with Crippen LogP contribution in [0.15, 0.2) is 17.0 Å². The van der Waals surface area contributed by atoms with Crippen molar-refractivity contribution < 1.29 is 13.2 Å². The van der Waals surface area contributed by atoms with E-state index in [4.69, 9.17) is 15.6 Å². The van der Waals surface area contributed by atoms with Crippen LogP contribution < -0.4 is 15.6 Å². The lowest BCUT2D eigenvalue weighted by Gasteiger charge is -2.16. The molecule has 0 aliphatic heterocycles. The van der Waals surface area contributed by atoms with Crippen molar-refractivity contribution >= 4 is 15.7 Å². The summed E-state index contributed by atoms with van der Waals surface area (Å²) in [6, 6.07) is 2.98. The molecule has 0 saturated heterocycles. The highest BCUT2D eigenvalue weighted by Crippen LogP contribution is 2.28. The van der Waals surface area contributed by atoms with E-state index in [1.54, 1.807) is 13.0 Å². The van der Waals surface area contributed by atoms with Gasteiger partial charge in [-0.1, -0.05) is 20.3 Å². The number of nitrogen functional groups attached to an aromatic ring is 1. The van der Waals surface area contributed by atoms with Crippen molar-refractivity contribution in [2.45, 2.75) is 38.5 Å². The van der Waals surface area contributed by atoms with Crippen LogP contribution in [0.5, 0.6) is 5.75 Å². The molecule has 5 nitrogen and oxygen atoms in total. The molecule has 0 aliphatic carbocycles. The summed E-state index contributed by atoms with van der Waals surface area (Å²) in [7, 11) is -3.79. The first-order valence-corrected chi connectivity index (χ1v) is 7.86.